The molecule has 0 aromatic carbocycles. The number of hydrogen-bond acceptors (Lipinski definition) is 3. The normalized spacial score (nSPS) is 17.2. The molecule has 0 saturated carbocycles. The van der Waals surface area contributed by atoms with Crippen molar-refractivity contribution in [2.45, 2.75) is 33.2 Å². The van der Waals surface area contributed by atoms with Gasteiger partial charge in [-0.2, -0.15) is 0 Å². The highest BCUT2D eigenvalue weighted by molar-refractivity contribution is 5.43. The number of nitrogens with zero attached hydrogens (tertiary/aromatic N) is 2. The lowest BCUT2D eigenvalue weighted by Gasteiger charge is -2.34. The van der Waals surface area contributed by atoms with E-state index in [1.807, 2.05) is 7.05 Å². The molecular formula is C15H24FN3. The topological polar surface area (TPSA) is 28.2 Å². The minimum atomic E-state index is -0.167. The van der Waals surface area contributed by atoms with Gasteiger partial charge in [0.15, 0.2) is 11.6 Å². The predicted molar refractivity (Wildman–Crippen MR) is 76.7 cm³/mol. The van der Waals surface area contributed by atoms with E-state index in [0.717, 1.165) is 37.8 Å². The van der Waals surface area contributed by atoms with Crippen LogP contribution in [0.4, 0.5) is 10.2 Å². The zero-order valence-corrected chi connectivity index (χ0v) is 12.1. The number of anilines is 1. The lowest BCUT2D eigenvalue weighted by molar-refractivity contribution is 0.309. The third kappa shape index (κ3) is 3.24. The van der Waals surface area contributed by atoms with Gasteiger partial charge in [0, 0.05) is 31.4 Å². The number of halogens is 1. The molecule has 1 aromatic rings. The number of nitrogens with one attached hydrogen (secondary N) is 1. The van der Waals surface area contributed by atoms with Crippen LogP contribution in [-0.4, -0.2) is 25.1 Å². The summed E-state index contributed by atoms with van der Waals surface area (Å²) in [6.45, 7) is 6.91. The number of aromatic nitrogens is 1. The first-order chi connectivity index (χ1) is 9.13. The van der Waals surface area contributed by atoms with E-state index in [-0.39, 0.29) is 5.82 Å². The quantitative estimate of drug-likeness (QED) is 0.907. The lowest BCUT2D eigenvalue weighted by Crippen LogP contribution is -2.36. The second-order valence-corrected chi connectivity index (χ2v) is 5.71. The first-order valence-electron chi connectivity index (χ1n) is 7.16. The smallest absolute Gasteiger partial charge is 0.170 e. The van der Waals surface area contributed by atoms with Crippen molar-refractivity contribution >= 4 is 5.82 Å². The highest BCUT2D eigenvalue weighted by Gasteiger charge is 2.24. The van der Waals surface area contributed by atoms with Crippen LogP contribution in [0.15, 0.2) is 12.3 Å². The van der Waals surface area contributed by atoms with Crippen molar-refractivity contribution in [2.75, 3.05) is 25.0 Å². The summed E-state index contributed by atoms with van der Waals surface area (Å²) in [5.74, 6) is 1.84. The van der Waals surface area contributed by atoms with Gasteiger partial charge in [-0.05, 0) is 37.8 Å². The molecule has 4 heteroatoms. The highest BCUT2D eigenvalue weighted by Crippen LogP contribution is 2.28. The SMILES string of the molecule is CNCc1ccnc(N2CCC(C(C)C)CC2)c1F. The fourth-order valence-electron chi connectivity index (χ4n) is 2.80. The molecule has 0 unspecified atom stereocenters. The van der Waals surface area contributed by atoms with Gasteiger partial charge in [-0.25, -0.2) is 9.37 Å². The monoisotopic (exact) mass is 265 g/mol. The fraction of sp³-hybridized carbons (Fsp3) is 0.667. The maximum Gasteiger partial charge on any atom is 0.170 e. The van der Waals surface area contributed by atoms with Crippen molar-refractivity contribution in [1.29, 1.82) is 0 Å². The molecule has 0 aliphatic carbocycles. The van der Waals surface area contributed by atoms with Crippen molar-refractivity contribution in [3.8, 4) is 0 Å². The minimum Gasteiger partial charge on any atom is -0.354 e. The Morgan fingerprint density at radius 1 is 1.42 bits per heavy atom. The van der Waals surface area contributed by atoms with E-state index in [1.165, 1.54) is 0 Å². The molecule has 0 bridgehead atoms. The molecule has 0 spiro atoms. The third-order valence-electron chi connectivity index (χ3n) is 4.10. The van der Waals surface area contributed by atoms with E-state index in [1.54, 1.807) is 12.3 Å². The zero-order valence-electron chi connectivity index (χ0n) is 12.1. The Balaban J connectivity index is 2.09. The van der Waals surface area contributed by atoms with Gasteiger partial charge in [0.05, 0.1) is 0 Å². The van der Waals surface area contributed by atoms with Crippen molar-refractivity contribution in [3.05, 3.63) is 23.6 Å². The van der Waals surface area contributed by atoms with Gasteiger partial charge in [-0.1, -0.05) is 13.8 Å². The molecule has 1 fully saturated rings. The molecular weight excluding hydrogens is 241 g/mol. The molecule has 0 atom stereocenters. The van der Waals surface area contributed by atoms with Gasteiger partial charge in [0.25, 0.3) is 0 Å². The summed E-state index contributed by atoms with van der Waals surface area (Å²) >= 11 is 0. The van der Waals surface area contributed by atoms with Crippen molar-refractivity contribution < 1.29 is 4.39 Å². The van der Waals surface area contributed by atoms with Crippen LogP contribution in [-0.2, 0) is 6.54 Å². The average molecular weight is 265 g/mol. The van der Waals surface area contributed by atoms with Crippen LogP contribution >= 0.6 is 0 Å². The molecule has 1 saturated heterocycles. The maximum atomic E-state index is 14.4. The molecule has 0 radical (unpaired) electrons. The van der Waals surface area contributed by atoms with Crippen molar-refractivity contribution in [2.24, 2.45) is 11.8 Å². The number of pyridine rings is 1. The van der Waals surface area contributed by atoms with E-state index < -0.39 is 0 Å². The maximum absolute atomic E-state index is 14.4. The molecule has 2 rings (SSSR count). The van der Waals surface area contributed by atoms with Gasteiger partial charge in [-0.3, -0.25) is 0 Å². The largest absolute Gasteiger partial charge is 0.354 e. The number of piperidine rings is 1. The summed E-state index contributed by atoms with van der Waals surface area (Å²) in [5, 5.41) is 2.99. The van der Waals surface area contributed by atoms with Gasteiger partial charge in [0.1, 0.15) is 0 Å². The van der Waals surface area contributed by atoms with Crippen LogP contribution in [0.1, 0.15) is 32.3 Å². The average Bonchev–Trinajstić information content (AvgIpc) is 2.41. The molecule has 0 amide bonds. The zero-order chi connectivity index (χ0) is 13.8. The molecule has 3 nitrogen and oxygen atoms in total. The Labute approximate surface area is 115 Å². The minimum absolute atomic E-state index is 0.167. The van der Waals surface area contributed by atoms with Crippen LogP contribution < -0.4 is 10.2 Å². The first kappa shape index (κ1) is 14.3. The summed E-state index contributed by atoms with van der Waals surface area (Å²) in [4.78, 5) is 6.33. The Bertz CT molecular complexity index is 412. The lowest BCUT2D eigenvalue weighted by atomic mass is 9.87. The Hall–Kier alpha value is -1.16. The van der Waals surface area contributed by atoms with E-state index in [2.05, 4.69) is 29.0 Å². The van der Waals surface area contributed by atoms with Crippen LogP contribution in [0.25, 0.3) is 0 Å². The Morgan fingerprint density at radius 2 is 2.11 bits per heavy atom. The molecule has 106 valence electrons. The molecule has 1 aliphatic rings. The van der Waals surface area contributed by atoms with Crippen molar-refractivity contribution in [3.63, 3.8) is 0 Å². The standard InChI is InChI=1S/C15H24FN3/c1-11(2)12-5-8-19(9-6-12)15-14(16)13(10-17-3)4-7-18-15/h4,7,11-12,17H,5-6,8-10H2,1-3H3. The van der Waals surface area contributed by atoms with Crippen LogP contribution in [0.3, 0.4) is 0 Å². The highest BCUT2D eigenvalue weighted by atomic mass is 19.1. The summed E-state index contributed by atoms with van der Waals surface area (Å²) in [7, 11) is 1.83. The van der Waals surface area contributed by atoms with E-state index in [4.69, 9.17) is 0 Å². The van der Waals surface area contributed by atoms with Crippen molar-refractivity contribution in [1.82, 2.24) is 10.3 Å². The van der Waals surface area contributed by atoms with E-state index in [9.17, 15) is 4.39 Å². The van der Waals surface area contributed by atoms with Gasteiger partial charge < -0.3 is 10.2 Å². The third-order valence-corrected chi connectivity index (χ3v) is 4.10. The second-order valence-electron chi connectivity index (χ2n) is 5.71. The summed E-state index contributed by atoms with van der Waals surface area (Å²) in [6.07, 6.45) is 3.98. The van der Waals surface area contributed by atoms with Gasteiger partial charge >= 0.3 is 0 Å². The molecule has 1 aliphatic heterocycles. The summed E-state index contributed by atoms with van der Waals surface area (Å²) < 4.78 is 14.4. The van der Waals surface area contributed by atoms with Gasteiger partial charge in [0.2, 0.25) is 0 Å². The second kappa shape index (κ2) is 6.33. The molecule has 2 heterocycles. The molecule has 1 N–H and O–H groups in total. The predicted octanol–water partition coefficient (Wildman–Crippen LogP) is 2.81. The summed E-state index contributed by atoms with van der Waals surface area (Å²) in [5.41, 5.74) is 0.693. The van der Waals surface area contributed by atoms with E-state index >= 15 is 0 Å². The van der Waals surface area contributed by atoms with E-state index in [0.29, 0.717) is 17.9 Å². The molecule has 19 heavy (non-hydrogen) atoms. The number of hydrogen-bond donors (Lipinski definition) is 1. The first-order valence-corrected chi connectivity index (χ1v) is 7.16. The van der Waals surface area contributed by atoms with Crippen LogP contribution in [0, 0.1) is 17.7 Å². The summed E-state index contributed by atoms with van der Waals surface area (Å²) in [6, 6.07) is 1.75. The number of rotatable bonds is 4. The Morgan fingerprint density at radius 3 is 2.68 bits per heavy atom. The van der Waals surface area contributed by atoms with Gasteiger partial charge in [-0.15, -0.1) is 0 Å². The van der Waals surface area contributed by atoms with Crippen LogP contribution in [0.2, 0.25) is 0 Å². The molecule has 1 aromatic heterocycles. The fourth-order valence-corrected chi connectivity index (χ4v) is 2.80. The Kier molecular flexibility index (Phi) is 4.75. The van der Waals surface area contributed by atoms with Crippen LogP contribution in [0.5, 0.6) is 0 Å².